The Bertz CT molecular complexity index is 491. The molecular weight excluding hydrogens is 230 g/mol. The second-order valence-corrected chi connectivity index (χ2v) is 4.09. The molecule has 1 atom stereocenters. The van der Waals surface area contributed by atoms with E-state index < -0.39 is 0 Å². The normalized spacial score (nSPS) is 12.4. The highest BCUT2D eigenvalue weighted by Crippen LogP contribution is 2.17. The van der Waals surface area contributed by atoms with Crippen molar-refractivity contribution in [3.05, 3.63) is 41.6 Å². The fourth-order valence-electron chi connectivity index (χ4n) is 1.50. The highest BCUT2D eigenvalue weighted by molar-refractivity contribution is 5.28. The van der Waals surface area contributed by atoms with E-state index in [0.717, 1.165) is 17.7 Å². The highest BCUT2D eigenvalue weighted by Gasteiger charge is 2.05. The number of ether oxygens (including phenoxy) is 1. The number of aryl methyl sites for hydroxylation is 1. The van der Waals surface area contributed by atoms with E-state index >= 15 is 0 Å². The summed E-state index contributed by atoms with van der Waals surface area (Å²) in [5, 5.41) is 7.76. The Labute approximate surface area is 106 Å². The van der Waals surface area contributed by atoms with Crippen molar-refractivity contribution in [1.29, 1.82) is 0 Å². The Morgan fingerprint density at radius 1 is 1.22 bits per heavy atom. The molecule has 0 aliphatic carbocycles. The van der Waals surface area contributed by atoms with E-state index in [1.165, 1.54) is 0 Å². The average Bonchev–Trinajstić information content (AvgIpc) is 2.85. The van der Waals surface area contributed by atoms with Crippen LogP contribution in [0.1, 0.15) is 37.2 Å². The molecule has 0 fully saturated rings. The van der Waals surface area contributed by atoms with Crippen molar-refractivity contribution in [2.45, 2.75) is 32.9 Å². The molecule has 5 nitrogen and oxygen atoms in total. The lowest BCUT2D eigenvalue weighted by Gasteiger charge is -2.07. The Balaban J connectivity index is 1.93. The molecular formula is C13H17N3O2. The third-order valence-electron chi connectivity index (χ3n) is 2.58. The molecule has 0 saturated carbocycles. The molecule has 0 unspecified atom stereocenters. The van der Waals surface area contributed by atoms with Gasteiger partial charge in [0.05, 0.1) is 0 Å². The summed E-state index contributed by atoms with van der Waals surface area (Å²) in [6.45, 7) is 4.19. The average molecular weight is 247 g/mol. The van der Waals surface area contributed by atoms with E-state index in [2.05, 4.69) is 10.2 Å². The van der Waals surface area contributed by atoms with Crippen molar-refractivity contribution < 1.29 is 9.15 Å². The first kappa shape index (κ1) is 12.6. The maximum atomic E-state index is 5.77. The first-order valence-electron chi connectivity index (χ1n) is 5.98. The smallest absolute Gasteiger partial charge is 0.253 e. The molecule has 1 aromatic heterocycles. The monoisotopic (exact) mass is 247 g/mol. The number of benzene rings is 1. The van der Waals surface area contributed by atoms with Gasteiger partial charge >= 0.3 is 0 Å². The van der Waals surface area contributed by atoms with Crippen LogP contribution in [-0.4, -0.2) is 10.2 Å². The van der Waals surface area contributed by atoms with Gasteiger partial charge in [-0.2, -0.15) is 0 Å². The van der Waals surface area contributed by atoms with Crippen LogP contribution < -0.4 is 10.5 Å². The summed E-state index contributed by atoms with van der Waals surface area (Å²) < 4.78 is 10.9. The van der Waals surface area contributed by atoms with Gasteiger partial charge < -0.3 is 14.9 Å². The predicted octanol–water partition coefficient (Wildman–Crippen LogP) is 2.23. The van der Waals surface area contributed by atoms with Crippen molar-refractivity contribution in [2.75, 3.05) is 0 Å². The van der Waals surface area contributed by atoms with Gasteiger partial charge in [-0.15, -0.1) is 10.2 Å². The summed E-state index contributed by atoms with van der Waals surface area (Å²) >= 11 is 0. The summed E-state index contributed by atoms with van der Waals surface area (Å²) in [6, 6.07) is 7.70. The van der Waals surface area contributed by atoms with Crippen molar-refractivity contribution >= 4 is 0 Å². The van der Waals surface area contributed by atoms with E-state index in [9.17, 15) is 0 Å². The molecule has 5 heteroatoms. The molecule has 96 valence electrons. The quantitative estimate of drug-likeness (QED) is 0.877. The Morgan fingerprint density at radius 2 is 1.89 bits per heavy atom. The van der Waals surface area contributed by atoms with E-state index in [0.29, 0.717) is 11.8 Å². The lowest BCUT2D eigenvalue weighted by Crippen LogP contribution is -2.04. The molecule has 2 N–H and O–H groups in total. The van der Waals surface area contributed by atoms with Gasteiger partial charge in [-0.25, -0.2) is 0 Å². The summed E-state index contributed by atoms with van der Waals surface area (Å²) in [6.07, 6.45) is 0.732. The van der Waals surface area contributed by atoms with Crippen molar-refractivity contribution in [2.24, 2.45) is 5.73 Å². The number of hydrogen-bond acceptors (Lipinski definition) is 5. The van der Waals surface area contributed by atoms with Crippen LogP contribution in [0.3, 0.4) is 0 Å². The fourth-order valence-corrected chi connectivity index (χ4v) is 1.50. The maximum Gasteiger partial charge on any atom is 0.253 e. The minimum atomic E-state index is 0.0297. The first-order chi connectivity index (χ1) is 8.69. The minimum Gasteiger partial charge on any atom is -0.484 e. The summed E-state index contributed by atoms with van der Waals surface area (Å²) in [5.41, 5.74) is 6.85. The van der Waals surface area contributed by atoms with Gasteiger partial charge in [-0.3, -0.25) is 0 Å². The Kier molecular flexibility index (Phi) is 3.94. The minimum absolute atomic E-state index is 0.0297. The highest BCUT2D eigenvalue weighted by atomic mass is 16.5. The summed E-state index contributed by atoms with van der Waals surface area (Å²) in [7, 11) is 0. The van der Waals surface area contributed by atoms with Crippen LogP contribution in [0.25, 0.3) is 0 Å². The molecule has 18 heavy (non-hydrogen) atoms. The van der Waals surface area contributed by atoms with E-state index in [-0.39, 0.29) is 12.6 Å². The molecule has 0 amide bonds. The van der Waals surface area contributed by atoms with Crippen LogP contribution in [0.15, 0.2) is 28.7 Å². The molecule has 0 bridgehead atoms. The van der Waals surface area contributed by atoms with Crippen LogP contribution in [-0.2, 0) is 13.0 Å². The van der Waals surface area contributed by atoms with E-state index in [1.54, 1.807) is 0 Å². The third kappa shape index (κ3) is 3.07. The van der Waals surface area contributed by atoms with Crippen LogP contribution in [0.5, 0.6) is 5.75 Å². The number of hydrogen-bond donors (Lipinski definition) is 1. The lowest BCUT2D eigenvalue weighted by atomic mass is 10.1. The van der Waals surface area contributed by atoms with Gasteiger partial charge in [-0.1, -0.05) is 19.1 Å². The van der Waals surface area contributed by atoms with Crippen LogP contribution in [0.2, 0.25) is 0 Å². The second-order valence-electron chi connectivity index (χ2n) is 4.09. The Hall–Kier alpha value is -1.88. The van der Waals surface area contributed by atoms with Gasteiger partial charge in [0.1, 0.15) is 5.75 Å². The molecule has 0 aliphatic heterocycles. The second kappa shape index (κ2) is 5.64. The van der Waals surface area contributed by atoms with E-state index in [4.69, 9.17) is 14.9 Å². The molecule has 0 saturated heterocycles. The zero-order chi connectivity index (χ0) is 13.0. The number of nitrogens with zero attached hydrogens (tertiary/aromatic N) is 2. The van der Waals surface area contributed by atoms with Gasteiger partial charge in [-0.05, 0) is 24.6 Å². The molecule has 2 aromatic rings. The lowest BCUT2D eigenvalue weighted by molar-refractivity contribution is 0.259. The SMILES string of the molecule is CCc1nnc(COc2ccc([C@@H](C)N)cc2)o1. The van der Waals surface area contributed by atoms with Crippen LogP contribution in [0, 0.1) is 0 Å². The summed E-state index contributed by atoms with van der Waals surface area (Å²) in [5.74, 6) is 1.87. The first-order valence-corrected chi connectivity index (χ1v) is 5.98. The molecule has 1 aromatic carbocycles. The number of nitrogens with two attached hydrogens (primary N) is 1. The van der Waals surface area contributed by atoms with Crippen LogP contribution >= 0.6 is 0 Å². The van der Waals surface area contributed by atoms with Crippen LogP contribution in [0.4, 0.5) is 0 Å². The van der Waals surface area contributed by atoms with Gasteiger partial charge in [0.2, 0.25) is 5.89 Å². The van der Waals surface area contributed by atoms with E-state index in [1.807, 2.05) is 38.1 Å². The fraction of sp³-hybridized carbons (Fsp3) is 0.385. The number of rotatable bonds is 5. The summed E-state index contributed by atoms with van der Waals surface area (Å²) in [4.78, 5) is 0. The zero-order valence-corrected chi connectivity index (χ0v) is 10.6. The van der Waals surface area contributed by atoms with Crippen molar-refractivity contribution in [3.63, 3.8) is 0 Å². The maximum absolute atomic E-state index is 5.77. The molecule has 2 rings (SSSR count). The largest absolute Gasteiger partial charge is 0.484 e. The third-order valence-corrected chi connectivity index (χ3v) is 2.58. The standard InChI is InChI=1S/C13H17N3O2/c1-3-12-15-16-13(18-12)8-17-11-6-4-10(5-7-11)9(2)14/h4-7,9H,3,8,14H2,1-2H3/t9-/m1/s1. The van der Waals surface area contributed by atoms with Crippen molar-refractivity contribution in [1.82, 2.24) is 10.2 Å². The van der Waals surface area contributed by atoms with Gasteiger partial charge in [0.15, 0.2) is 6.61 Å². The topological polar surface area (TPSA) is 74.2 Å². The Morgan fingerprint density at radius 3 is 2.44 bits per heavy atom. The molecule has 0 spiro atoms. The van der Waals surface area contributed by atoms with Gasteiger partial charge in [0.25, 0.3) is 5.89 Å². The number of aromatic nitrogens is 2. The van der Waals surface area contributed by atoms with Crippen molar-refractivity contribution in [3.8, 4) is 5.75 Å². The van der Waals surface area contributed by atoms with Gasteiger partial charge in [0, 0.05) is 12.5 Å². The molecule has 0 aliphatic rings. The predicted molar refractivity (Wildman–Crippen MR) is 67.1 cm³/mol. The molecule has 0 radical (unpaired) electrons. The molecule has 1 heterocycles. The zero-order valence-electron chi connectivity index (χ0n) is 10.6.